The van der Waals surface area contributed by atoms with Gasteiger partial charge in [-0.3, -0.25) is 4.79 Å². The van der Waals surface area contributed by atoms with Crippen LogP contribution in [0.25, 0.3) is 291 Å². The molecule has 314 valence electrons. The molecule has 0 saturated heterocycles. The maximum absolute atomic E-state index is 14.5. The Morgan fingerprint density at radius 3 is 0.676 bits per heavy atom. The summed E-state index contributed by atoms with van der Waals surface area (Å²) in [6, 6.07) is 12.0. The Bertz CT molecular complexity index is 6960. The van der Waals surface area contributed by atoms with Gasteiger partial charge in [0.05, 0.1) is 6.61 Å². The fourth-order valence-corrected chi connectivity index (χ4v) is 26.9. The second-order valence-electron chi connectivity index (χ2n) is 26.8. The molecule has 0 aromatic heterocycles. The van der Waals surface area contributed by atoms with Crippen molar-refractivity contribution < 1.29 is 9.53 Å². The zero-order chi connectivity index (χ0) is 44.5. The van der Waals surface area contributed by atoms with Crippen molar-refractivity contribution in [1.29, 1.82) is 0 Å². The van der Waals surface area contributed by atoms with E-state index >= 15 is 0 Å². The van der Waals surface area contributed by atoms with Crippen molar-refractivity contribution >= 4 is 297 Å². The summed E-state index contributed by atoms with van der Waals surface area (Å²) in [6.45, 7) is 2.40. The van der Waals surface area contributed by atoms with Crippen LogP contribution >= 0.6 is 0 Å². The van der Waals surface area contributed by atoms with E-state index in [1.807, 2.05) is 6.92 Å². The van der Waals surface area contributed by atoms with Gasteiger partial charge in [0.1, 0.15) is 0 Å². The molecule has 2 heteroatoms. The van der Waals surface area contributed by atoms with Crippen LogP contribution in [-0.2, 0) is 25.8 Å². The molecule has 0 aliphatic heterocycles. The summed E-state index contributed by atoms with van der Waals surface area (Å²) in [5.41, 5.74) is 6.91. The fourth-order valence-electron chi connectivity index (χ4n) is 26.9. The van der Waals surface area contributed by atoms with Crippen molar-refractivity contribution in [3.05, 3.63) is 58.1 Å². The lowest BCUT2D eigenvalue weighted by Crippen LogP contribution is -2.27. The van der Waals surface area contributed by atoms with E-state index in [9.17, 15) is 4.79 Å². The van der Waals surface area contributed by atoms with Gasteiger partial charge in [-0.2, -0.15) is 0 Å². The number of hydrogen-bond donors (Lipinski definition) is 0. The second kappa shape index (κ2) is 6.52. The third-order valence-electron chi connectivity index (χ3n) is 26.8. The van der Waals surface area contributed by atoms with Crippen molar-refractivity contribution in [2.24, 2.45) is 0 Å². The van der Waals surface area contributed by atoms with Crippen molar-refractivity contribution in [3.8, 4) is 0 Å². The van der Waals surface area contributed by atoms with Crippen LogP contribution < -0.4 is 0 Å². The van der Waals surface area contributed by atoms with Gasteiger partial charge >= 0.3 is 5.97 Å². The van der Waals surface area contributed by atoms with Crippen molar-refractivity contribution in [2.75, 3.05) is 6.61 Å². The SMILES string of the molecule is CCOC(=O)CCC1(c2ccccc2)C23c4c5c6c7c8c9c(c%10c%11c2c2c4c4c%12c5c5c6c6c8c8c%13c9c9c%10c%10c%11c%11c2c2c4c4c%12c%12c5c5c6c8c6c8c%13c9c9c%10c%10c%11c2c2c4c4c%12c5c6c5c8c9c%10c2c45)C713. The largest absolute Gasteiger partial charge is 0.466 e. The highest BCUT2D eigenvalue weighted by atomic mass is 16.5. The molecule has 5 aliphatic rings. The van der Waals surface area contributed by atoms with Gasteiger partial charge in [-0.05, 0) is 332 Å². The van der Waals surface area contributed by atoms with E-state index in [0.717, 1.165) is 6.42 Å². The number of ether oxygens (including phenoxy) is 1. The van der Waals surface area contributed by atoms with Crippen LogP contribution in [0.5, 0.6) is 0 Å². The highest BCUT2D eigenvalue weighted by Gasteiger charge is 2.94. The molecule has 0 N–H and O–H groups in total. The molecule has 5 aliphatic carbocycles. The Hall–Kier alpha value is -8.85. The lowest BCUT2D eigenvalue weighted by Gasteiger charge is -2.32. The van der Waals surface area contributed by atoms with Crippen LogP contribution in [0.3, 0.4) is 0 Å². The smallest absolute Gasteiger partial charge is 0.305 e. The van der Waals surface area contributed by atoms with Gasteiger partial charge in [0.25, 0.3) is 0 Å². The van der Waals surface area contributed by atoms with Gasteiger partial charge < -0.3 is 4.74 Å². The number of benzene rings is 19. The zero-order valence-electron chi connectivity index (χ0n) is 38.3. The van der Waals surface area contributed by atoms with Gasteiger partial charge in [-0.1, -0.05) is 30.3 Å². The molecule has 74 heavy (non-hydrogen) atoms. The van der Waals surface area contributed by atoms with Crippen LogP contribution in [0.1, 0.15) is 47.6 Å². The zero-order valence-corrected chi connectivity index (χ0v) is 38.3. The third-order valence-corrected chi connectivity index (χ3v) is 26.8. The van der Waals surface area contributed by atoms with Crippen molar-refractivity contribution in [3.63, 3.8) is 0 Å². The number of esters is 1. The molecule has 1 saturated carbocycles. The Kier molecular flexibility index (Phi) is 2.50. The van der Waals surface area contributed by atoms with Gasteiger partial charge in [0.2, 0.25) is 0 Å². The molecule has 0 amide bonds. The molecule has 0 unspecified atom stereocenters. The molecular weight excluding hydrogens is 897 g/mol. The van der Waals surface area contributed by atoms with Crippen LogP contribution in [-0.4, -0.2) is 12.6 Å². The molecule has 2 spiro atoms. The molecule has 34 rings (SSSR count). The summed E-state index contributed by atoms with van der Waals surface area (Å²) in [6.07, 6.45) is 1.17. The number of carbonyl (C=O) groups is 1. The molecule has 29 aromatic rings. The summed E-state index contributed by atoms with van der Waals surface area (Å²) in [7, 11) is 0. The first-order valence-electron chi connectivity index (χ1n) is 27.8. The first kappa shape index (κ1) is 28.4. The van der Waals surface area contributed by atoms with E-state index in [1.165, 1.54) is 5.56 Å². The average Bonchev–Trinajstić information content (AvgIpc) is 4.45. The third kappa shape index (κ3) is 1.50. The minimum absolute atomic E-state index is 0.0451. The summed E-state index contributed by atoms with van der Waals surface area (Å²) in [5.74, 6) is -0.0451. The van der Waals surface area contributed by atoms with Crippen LogP contribution in [0, 0.1) is 0 Å². The Morgan fingerprint density at radius 2 is 0.486 bits per heavy atom. The van der Waals surface area contributed by atoms with Crippen LogP contribution in [0.15, 0.2) is 30.3 Å². The quantitative estimate of drug-likeness (QED) is 0.127. The predicted octanol–water partition coefficient (Wildman–Crippen LogP) is 18.6. The van der Waals surface area contributed by atoms with E-state index < -0.39 is 16.2 Å². The number of hydrogen-bond acceptors (Lipinski definition) is 2. The topological polar surface area (TPSA) is 26.3 Å². The Morgan fingerprint density at radius 1 is 0.297 bits per heavy atom. The number of carbonyl (C=O) groups excluding carboxylic acids is 1. The predicted molar refractivity (Wildman–Crippen MR) is 308 cm³/mol. The summed E-state index contributed by atoms with van der Waals surface area (Å²) in [4.78, 5) is 14.5. The lowest BCUT2D eigenvalue weighted by atomic mass is 9.68. The van der Waals surface area contributed by atoms with Gasteiger partial charge in [0.15, 0.2) is 0 Å². The Labute approximate surface area is 404 Å². The Balaban J connectivity index is 1.12. The average molecular weight is 911 g/mol. The second-order valence-corrected chi connectivity index (χ2v) is 26.8. The molecule has 0 heterocycles. The van der Waals surface area contributed by atoms with Gasteiger partial charge in [0, 0.05) is 22.7 Å². The van der Waals surface area contributed by atoms with Crippen molar-refractivity contribution in [1.82, 2.24) is 0 Å². The highest BCUT2D eigenvalue weighted by molar-refractivity contribution is 6.82. The van der Waals surface area contributed by atoms with Crippen LogP contribution in [0.2, 0.25) is 0 Å². The highest BCUT2D eigenvalue weighted by Crippen LogP contribution is 2.97. The lowest BCUT2D eigenvalue weighted by molar-refractivity contribution is -0.143. The van der Waals surface area contributed by atoms with Gasteiger partial charge in [-0.25, -0.2) is 0 Å². The molecule has 2 nitrogen and oxygen atoms in total. The molecular formula is C72H14O2. The summed E-state index contributed by atoms with van der Waals surface area (Å²) < 4.78 is 6.08. The van der Waals surface area contributed by atoms with Crippen molar-refractivity contribution in [2.45, 2.75) is 36.0 Å². The maximum atomic E-state index is 14.5. The fraction of sp³-hybridized carbons (Fsp3) is 0.0972. The monoisotopic (exact) mass is 910 g/mol. The molecule has 0 radical (unpaired) electrons. The normalized spacial score (nSPS) is 23.6. The minimum atomic E-state index is -0.432. The molecule has 1 fully saturated rings. The summed E-state index contributed by atoms with van der Waals surface area (Å²) >= 11 is 0. The maximum Gasteiger partial charge on any atom is 0.305 e. The number of rotatable bonds is 5. The molecule has 0 bridgehead atoms. The van der Waals surface area contributed by atoms with E-state index in [2.05, 4.69) is 30.3 Å². The first-order valence-corrected chi connectivity index (χ1v) is 27.8. The van der Waals surface area contributed by atoms with E-state index in [4.69, 9.17) is 4.74 Å². The first-order chi connectivity index (χ1) is 36.8. The standard InChI is InChI=1S/C72H14O2/c1-2-74-11(73)8-9-70(10-6-4-3-5-7-10)71-66-58-50-40-30-22-14-12-13-16-20-18(14)26-34-28(20)38-32-24(16)25-17(13)21-19-15(12)23(22)31-37-27(19)35-29(21)39-33(25)43-42(32)52-46(38)56-48(34)54(44(50)36(26)30)62(66)64(56)68-60(52)61-53(43)47(39)57-49(35)55-45(37)51(41(31)40)59(58)67(71)63(55)65(57)69(61)72(68,70)71/h3-7H,2,8-9H2,1H3. The van der Waals surface area contributed by atoms with Gasteiger partial charge in [-0.15, -0.1) is 0 Å². The molecule has 29 aromatic carbocycles. The van der Waals surface area contributed by atoms with E-state index in [0.29, 0.717) is 13.0 Å². The van der Waals surface area contributed by atoms with E-state index in [1.54, 1.807) is 313 Å². The van der Waals surface area contributed by atoms with E-state index in [-0.39, 0.29) is 5.97 Å². The summed E-state index contributed by atoms with van der Waals surface area (Å²) in [5, 5.41) is 87.7. The minimum Gasteiger partial charge on any atom is -0.466 e. The molecule has 0 atom stereocenters. The van der Waals surface area contributed by atoms with Crippen LogP contribution in [0.4, 0.5) is 0 Å².